The first-order chi connectivity index (χ1) is 18.5. The number of carbonyl (C=O) groups excluding carboxylic acids is 5. The van der Waals surface area contributed by atoms with Gasteiger partial charge in [-0.05, 0) is 54.8 Å². The maximum Gasteiger partial charge on any atom is 0.315 e. The molecule has 3 saturated carbocycles. The fourth-order valence-electron chi connectivity index (χ4n) is 7.25. The van der Waals surface area contributed by atoms with Gasteiger partial charge in [-0.1, -0.05) is 73.1 Å². The zero-order chi connectivity index (χ0) is 29.6. The topological polar surface area (TPSA) is 151 Å². The summed E-state index contributed by atoms with van der Waals surface area (Å²) in [6, 6.07) is -3.01. The lowest BCUT2D eigenvalue weighted by Gasteiger charge is -2.39. The van der Waals surface area contributed by atoms with Crippen molar-refractivity contribution in [2.45, 2.75) is 123 Å². The molecule has 5 amide bonds. The van der Waals surface area contributed by atoms with E-state index in [0.717, 1.165) is 51.4 Å². The van der Waals surface area contributed by atoms with E-state index < -0.39 is 41.1 Å². The van der Waals surface area contributed by atoms with Gasteiger partial charge in [-0.3, -0.25) is 19.2 Å². The molecule has 3 aliphatic carbocycles. The Bertz CT molecular complexity index is 1040. The number of rotatable bonds is 9. The molecule has 0 bridgehead atoms. The van der Waals surface area contributed by atoms with Crippen molar-refractivity contribution in [2.24, 2.45) is 34.3 Å². The van der Waals surface area contributed by atoms with Crippen LogP contribution in [0.4, 0.5) is 4.79 Å². The summed E-state index contributed by atoms with van der Waals surface area (Å²) in [7, 11) is 0. The fraction of sp³-hybridized carbons (Fsp3) is 0.833. The van der Waals surface area contributed by atoms with Gasteiger partial charge < -0.3 is 26.6 Å². The maximum absolute atomic E-state index is 14.1. The molecule has 0 aromatic rings. The number of fused-ring (bicyclic) bond motifs is 1. The first-order valence-corrected chi connectivity index (χ1v) is 15.1. The Hall–Kier alpha value is -2.65. The molecule has 10 nitrogen and oxygen atoms in total. The fourth-order valence-corrected chi connectivity index (χ4v) is 7.25. The molecule has 0 aromatic carbocycles. The van der Waals surface area contributed by atoms with E-state index in [2.05, 4.69) is 29.8 Å². The first kappa shape index (κ1) is 30.3. The molecular weight excluding hydrogens is 510 g/mol. The van der Waals surface area contributed by atoms with Crippen molar-refractivity contribution >= 4 is 29.5 Å². The molecule has 1 aliphatic heterocycles. The Balaban J connectivity index is 1.52. The number of urea groups is 1. The highest BCUT2D eigenvalue weighted by Crippen LogP contribution is 2.65. The van der Waals surface area contributed by atoms with Crippen LogP contribution in [0.1, 0.15) is 99.3 Å². The number of hydrogen-bond donors (Lipinski definition) is 4. The molecule has 4 fully saturated rings. The van der Waals surface area contributed by atoms with E-state index in [0.29, 0.717) is 13.0 Å². The minimum Gasteiger partial charge on any atom is -0.363 e. The van der Waals surface area contributed by atoms with Gasteiger partial charge in [0.15, 0.2) is 0 Å². The van der Waals surface area contributed by atoms with Crippen molar-refractivity contribution in [1.29, 1.82) is 0 Å². The smallest absolute Gasteiger partial charge is 0.315 e. The number of amides is 5. The van der Waals surface area contributed by atoms with E-state index in [1.165, 1.54) is 0 Å². The van der Waals surface area contributed by atoms with Crippen LogP contribution in [-0.2, 0) is 19.2 Å². The number of nitrogens with one attached hydrogen (secondary N) is 3. The van der Waals surface area contributed by atoms with Crippen LogP contribution in [0.2, 0.25) is 0 Å². The predicted molar refractivity (Wildman–Crippen MR) is 151 cm³/mol. The second-order valence-corrected chi connectivity index (χ2v) is 14.7. The zero-order valence-electron chi connectivity index (χ0n) is 25.1. The molecule has 0 aromatic heterocycles. The lowest BCUT2D eigenvalue weighted by atomic mass is 9.80. The average molecular weight is 560 g/mol. The largest absolute Gasteiger partial charge is 0.363 e. The number of likely N-dealkylation sites (tertiary alicyclic amines) is 1. The van der Waals surface area contributed by atoms with Gasteiger partial charge in [0.05, 0.1) is 6.04 Å². The minimum atomic E-state index is -1.07. The summed E-state index contributed by atoms with van der Waals surface area (Å²) in [5, 5.41) is 8.86. The molecule has 224 valence electrons. The van der Waals surface area contributed by atoms with Crippen LogP contribution in [0.25, 0.3) is 0 Å². The van der Waals surface area contributed by atoms with Gasteiger partial charge in [0.25, 0.3) is 5.91 Å². The summed E-state index contributed by atoms with van der Waals surface area (Å²) >= 11 is 0. The Morgan fingerprint density at radius 2 is 1.57 bits per heavy atom. The molecular formula is C30H49N5O5. The molecule has 5 atom stereocenters. The summed E-state index contributed by atoms with van der Waals surface area (Å²) in [6.07, 6.45) is 8.40. The quantitative estimate of drug-likeness (QED) is 0.320. The third-order valence-corrected chi connectivity index (χ3v) is 10.2. The van der Waals surface area contributed by atoms with Crippen molar-refractivity contribution < 1.29 is 24.0 Å². The van der Waals surface area contributed by atoms with Crippen molar-refractivity contribution in [3.8, 4) is 0 Å². The Morgan fingerprint density at radius 3 is 2.10 bits per heavy atom. The third kappa shape index (κ3) is 6.15. The number of Topliss-reactive ketones (excluding diaryl/α,β-unsaturated/α-hetero) is 1. The Labute approximate surface area is 238 Å². The molecule has 40 heavy (non-hydrogen) atoms. The molecule has 4 rings (SSSR count). The van der Waals surface area contributed by atoms with Crippen LogP contribution in [0, 0.1) is 28.6 Å². The first-order valence-electron chi connectivity index (χ1n) is 15.1. The standard InChI is InChI=1S/C30H49N5O5/c1-28(2,3)23(33-27(40)34-30(6)13-8-7-9-14-30)26(39)35-16-18-20(29(18,4)5)21(35)25(38)32-19(22(36)24(31)37)15-17-11-10-12-17/h17-21,23H,7-16H2,1-6H3,(H2,31,37)(H,32,38)(H2,33,34,40)/t18-,19?,20-,21+,23-/m1/s1. The van der Waals surface area contributed by atoms with E-state index in [4.69, 9.17) is 5.73 Å². The van der Waals surface area contributed by atoms with Gasteiger partial charge in [0.1, 0.15) is 12.1 Å². The number of piperidine rings is 1. The van der Waals surface area contributed by atoms with Crippen LogP contribution in [0.5, 0.6) is 0 Å². The summed E-state index contributed by atoms with van der Waals surface area (Å²) in [5.41, 5.74) is 4.27. The molecule has 1 unspecified atom stereocenters. The van der Waals surface area contributed by atoms with Gasteiger partial charge in [0.2, 0.25) is 17.6 Å². The van der Waals surface area contributed by atoms with Crippen molar-refractivity contribution in [3.05, 3.63) is 0 Å². The number of hydrogen-bond acceptors (Lipinski definition) is 5. The highest BCUT2D eigenvalue weighted by molar-refractivity contribution is 6.37. The molecule has 1 heterocycles. The Morgan fingerprint density at radius 1 is 0.950 bits per heavy atom. The average Bonchev–Trinajstić information content (AvgIpc) is 3.14. The zero-order valence-corrected chi connectivity index (χ0v) is 25.1. The third-order valence-electron chi connectivity index (χ3n) is 10.2. The molecule has 0 spiro atoms. The monoisotopic (exact) mass is 559 g/mol. The molecule has 1 saturated heterocycles. The number of primary amides is 1. The second-order valence-electron chi connectivity index (χ2n) is 14.7. The van der Waals surface area contributed by atoms with Gasteiger partial charge in [0, 0.05) is 12.1 Å². The highest BCUT2D eigenvalue weighted by atomic mass is 16.2. The van der Waals surface area contributed by atoms with Crippen LogP contribution in [0.15, 0.2) is 0 Å². The van der Waals surface area contributed by atoms with Crippen LogP contribution in [0.3, 0.4) is 0 Å². The van der Waals surface area contributed by atoms with Crippen molar-refractivity contribution in [3.63, 3.8) is 0 Å². The summed E-state index contributed by atoms with van der Waals surface area (Å²) in [5.74, 6) is -2.28. The lowest BCUT2D eigenvalue weighted by molar-refractivity contribution is -0.145. The SMILES string of the molecule is CC1(NC(=O)N[C@H](C(=O)N2C[C@@H]3[C@H]([C@H]2C(=O)NC(CC2CCC2)C(=O)C(N)=O)C3(C)C)C(C)(C)C)CCCCC1. The Kier molecular flexibility index (Phi) is 8.31. The lowest BCUT2D eigenvalue weighted by Crippen LogP contribution is -2.62. The summed E-state index contributed by atoms with van der Waals surface area (Å²) in [6.45, 7) is 12.3. The van der Waals surface area contributed by atoms with Crippen LogP contribution in [-0.4, -0.2) is 64.6 Å². The normalized spacial score (nSPS) is 28.4. The number of carbonyl (C=O) groups is 5. The summed E-state index contributed by atoms with van der Waals surface area (Å²) in [4.78, 5) is 67.0. The van der Waals surface area contributed by atoms with Gasteiger partial charge in [-0.25, -0.2) is 4.79 Å². The molecule has 5 N–H and O–H groups in total. The van der Waals surface area contributed by atoms with Gasteiger partial charge >= 0.3 is 6.03 Å². The van der Waals surface area contributed by atoms with E-state index >= 15 is 0 Å². The van der Waals surface area contributed by atoms with E-state index in [1.807, 2.05) is 27.7 Å². The maximum atomic E-state index is 14.1. The minimum absolute atomic E-state index is 0.0694. The molecule has 4 aliphatic rings. The van der Waals surface area contributed by atoms with Crippen LogP contribution < -0.4 is 21.7 Å². The highest BCUT2D eigenvalue weighted by Gasteiger charge is 2.70. The number of nitrogens with zero attached hydrogens (tertiary/aromatic N) is 1. The molecule has 10 heteroatoms. The van der Waals surface area contributed by atoms with Gasteiger partial charge in [-0.15, -0.1) is 0 Å². The van der Waals surface area contributed by atoms with Gasteiger partial charge in [-0.2, -0.15) is 0 Å². The number of nitrogens with two attached hydrogens (primary N) is 1. The summed E-state index contributed by atoms with van der Waals surface area (Å²) < 4.78 is 0. The predicted octanol–water partition coefficient (Wildman–Crippen LogP) is 2.64. The van der Waals surface area contributed by atoms with E-state index in [-0.39, 0.29) is 40.6 Å². The van der Waals surface area contributed by atoms with Crippen LogP contribution >= 0.6 is 0 Å². The number of ketones is 1. The van der Waals surface area contributed by atoms with E-state index in [9.17, 15) is 24.0 Å². The van der Waals surface area contributed by atoms with Crippen molar-refractivity contribution in [2.75, 3.05) is 6.54 Å². The molecule has 0 radical (unpaired) electrons. The second kappa shape index (κ2) is 11.0. The van der Waals surface area contributed by atoms with Crippen molar-refractivity contribution in [1.82, 2.24) is 20.9 Å². The van der Waals surface area contributed by atoms with E-state index in [1.54, 1.807) is 4.90 Å².